The molecule has 0 aromatic rings. The van der Waals surface area contributed by atoms with Gasteiger partial charge in [-0.1, -0.05) is 12.8 Å². The SMILES string of the molecule is O=C(O)C1CC2CCCCC2N1C1CCSCC1. The molecule has 102 valence electrons. The van der Waals surface area contributed by atoms with Crippen molar-refractivity contribution in [3.8, 4) is 0 Å². The first-order chi connectivity index (χ1) is 8.77. The van der Waals surface area contributed by atoms with Gasteiger partial charge in [0, 0.05) is 12.1 Å². The third kappa shape index (κ3) is 2.29. The van der Waals surface area contributed by atoms with Crippen LogP contribution in [-0.2, 0) is 4.79 Å². The van der Waals surface area contributed by atoms with Crippen LogP contribution >= 0.6 is 11.8 Å². The molecule has 1 aliphatic carbocycles. The Morgan fingerprint density at radius 3 is 2.56 bits per heavy atom. The number of carbonyl (C=O) groups is 1. The molecule has 3 rings (SSSR count). The van der Waals surface area contributed by atoms with Gasteiger partial charge >= 0.3 is 5.97 Å². The van der Waals surface area contributed by atoms with Crippen LogP contribution in [0.25, 0.3) is 0 Å². The van der Waals surface area contributed by atoms with Crippen LogP contribution in [0.15, 0.2) is 0 Å². The third-order valence-electron chi connectivity index (χ3n) is 5.04. The lowest BCUT2D eigenvalue weighted by atomic mass is 9.84. The molecular formula is C14H23NO2S. The summed E-state index contributed by atoms with van der Waals surface area (Å²) >= 11 is 2.02. The summed E-state index contributed by atoms with van der Waals surface area (Å²) in [4.78, 5) is 14.0. The van der Waals surface area contributed by atoms with E-state index in [1.165, 1.54) is 50.0 Å². The normalized spacial score (nSPS) is 38.6. The van der Waals surface area contributed by atoms with E-state index in [-0.39, 0.29) is 6.04 Å². The fraction of sp³-hybridized carbons (Fsp3) is 0.929. The van der Waals surface area contributed by atoms with Crippen LogP contribution in [0.2, 0.25) is 0 Å². The molecule has 4 heteroatoms. The highest BCUT2D eigenvalue weighted by atomic mass is 32.2. The molecule has 3 fully saturated rings. The molecule has 2 heterocycles. The smallest absolute Gasteiger partial charge is 0.320 e. The molecular weight excluding hydrogens is 246 g/mol. The molecule has 0 aromatic carbocycles. The van der Waals surface area contributed by atoms with Crippen molar-refractivity contribution in [1.29, 1.82) is 0 Å². The second kappa shape index (κ2) is 5.41. The maximum atomic E-state index is 11.6. The first-order valence-electron chi connectivity index (χ1n) is 7.35. The van der Waals surface area contributed by atoms with Crippen LogP contribution in [-0.4, -0.2) is 45.6 Å². The molecule has 0 bridgehead atoms. The zero-order valence-corrected chi connectivity index (χ0v) is 11.7. The Balaban J connectivity index is 1.79. The Morgan fingerprint density at radius 2 is 1.83 bits per heavy atom. The van der Waals surface area contributed by atoms with Gasteiger partial charge in [-0.05, 0) is 49.5 Å². The molecule has 3 aliphatic rings. The lowest BCUT2D eigenvalue weighted by Gasteiger charge is -2.40. The average molecular weight is 269 g/mol. The largest absolute Gasteiger partial charge is 0.480 e. The van der Waals surface area contributed by atoms with Gasteiger partial charge in [-0.3, -0.25) is 9.69 Å². The molecule has 3 unspecified atom stereocenters. The highest BCUT2D eigenvalue weighted by Crippen LogP contribution is 2.42. The van der Waals surface area contributed by atoms with Crippen molar-refractivity contribution in [2.24, 2.45) is 5.92 Å². The Bertz CT molecular complexity index is 317. The number of aliphatic carboxylic acids is 1. The molecule has 1 N–H and O–H groups in total. The van der Waals surface area contributed by atoms with Gasteiger partial charge in [0.15, 0.2) is 0 Å². The van der Waals surface area contributed by atoms with Gasteiger partial charge < -0.3 is 5.11 Å². The second-order valence-corrected chi connectivity index (χ2v) is 7.22. The van der Waals surface area contributed by atoms with Gasteiger partial charge in [0.05, 0.1) is 0 Å². The lowest BCUT2D eigenvalue weighted by molar-refractivity contribution is -0.143. The van der Waals surface area contributed by atoms with Crippen LogP contribution < -0.4 is 0 Å². The fourth-order valence-corrected chi connectivity index (χ4v) is 5.31. The molecule has 3 atom stereocenters. The van der Waals surface area contributed by atoms with E-state index in [2.05, 4.69) is 4.90 Å². The molecule has 1 saturated carbocycles. The van der Waals surface area contributed by atoms with E-state index in [9.17, 15) is 9.90 Å². The number of carboxylic acid groups (broad SMARTS) is 1. The first-order valence-corrected chi connectivity index (χ1v) is 8.51. The summed E-state index contributed by atoms with van der Waals surface area (Å²) in [5.41, 5.74) is 0. The predicted molar refractivity (Wildman–Crippen MR) is 74.0 cm³/mol. The number of hydrogen-bond donors (Lipinski definition) is 1. The van der Waals surface area contributed by atoms with Crippen molar-refractivity contribution in [3.63, 3.8) is 0 Å². The summed E-state index contributed by atoms with van der Waals surface area (Å²) in [6, 6.07) is 0.930. The van der Waals surface area contributed by atoms with Crippen molar-refractivity contribution in [3.05, 3.63) is 0 Å². The number of nitrogens with zero attached hydrogens (tertiary/aromatic N) is 1. The third-order valence-corrected chi connectivity index (χ3v) is 6.08. The number of likely N-dealkylation sites (tertiary alicyclic amines) is 1. The molecule has 0 spiro atoms. The van der Waals surface area contributed by atoms with Crippen LogP contribution in [0.1, 0.15) is 44.9 Å². The van der Waals surface area contributed by atoms with Gasteiger partial charge in [-0.2, -0.15) is 11.8 Å². The minimum absolute atomic E-state index is 0.189. The van der Waals surface area contributed by atoms with Gasteiger partial charge in [-0.25, -0.2) is 0 Å². The van der Waals surface area contributed by atoms with Crippen LogP contribution in [0, 0.1) is 5.92 Å². The maximum absolute atomic E-state index is 11.6. The standard InChI is InChI=1S/C14H23NO2S/c16-14(17)13-9-10-3-1-2-4-12(10)15(13)11-5-7-18-8-6-11/h10-13H,1-9H2,(H,16,17). The Morgan fingerprint density at radius 1 is 1.11 bits per heavy atom. The summed E-state index contributed by atoms with van der Waals surface area (Å²) in [6.45, 7) is 0. The second-order valence-electron chi connectivity index (χ2n) is 5.99. The van der Waals surface area contributed by atoms with Gasteiger partial charge in [-0.15, -0.1) is 0 Å². The van der Waals surface area contributed by atoms with Crippen molar-refractivity contribution in [2.45, 2.75) is 63.1 Å². The zero-order valence-electron chi connectivity index (χ0n) is 10.9. The van der Waals surface area contributed by atoms with Crippen molar-refractivity contribution in [2.75, 3.05) is 11.5 Å². The molecule has 3 nitrogen and oxygen atoms in total. The quantitative estimate of drug-likeness (QED) is 0.836. The fourth-order valence-electron chi connectivity index (χ4n) is 4.23. The van der Waals surface area contributed by atoms with E-state index in [1.807, 2.05) is 11.8 Å². The van der Waals surface area contributed by atoms with Crippen molar-refractivity contribution >= 4 is 17.7 Å². The molecule has 18 heavy (non-hydrogen) atoms. The highest BCUT2D eigenvalue weighted by molar-refractivity contribution is 7.99. The van der Waals surface area contributed by atoms with E-state index >= 15 is 0 Å². The van der Waals surface area contributed by atoms with E-state index in [4.69, 9.17) is 0 Å². The minimum atomic E-state index is -0.581. The summed E-state index contributed by atoms with van der Waals surface area (Å²) in [6.07, 6.45) is 8.39. The zero-order chi connectivity index (χ0) is 12.5. The Hall–Kier alpha value is -0.220. The summed E-state index contributed by atoms with van der Waals surface area (Å²) < 4.78 is 0. The van der Waals surface area contributed by atoms with Crippen molar-refractivity contribution in [1.82, 2.24) is 4.90 Å². The van der Waals surface area contributed by atoms with Crippen molar-refractivity contribution < 1.29 is 9.90 Å². The molecule has 0 radical (unpaired) electrons. The first kappa shape index (κ1) is 12.8. The molecule has 2 saturated heterocycles. The highest BCUT2D eigenvalue weighted by Gasteiger charge is 2.47. The van der Waals surface area contributed by atoms with Gasteiger partial charge in [0.25, 0.3) is 0 Å². The number of fused-ring (bicyclic) bond motifs is 1. The van der Waals surface area contributed by atoms with Crippen LogP contribution in [0.3, 0.4) is 0 Å². The van der Waals surface area contributed by atoms with E-state index in [0.717, 1.165) is 6.42 Å². The number of thioether (sulfide) groups is 1. The summed E-state index contributed by atoms with van der Waals surface area (Å²) in [5, 5.41) is 9.51. The minimum Gasteiger partial charge on any atom is -0.480 e. The van der Waals surface area contributed by atoms with E-state index in [0.29, 0.717) is 18.0 Å². The number of hydrogen-bond acceptors (Lipinski definition) is 3. The van der Waals surface area contributed by atoms with Gasteiger partial charge in [0.2, 0.25) is 0 Å². The Labute approximate surface area is 113 Å². The predicted octanol–water partition coefficient (Wildman–Crippen LogP) is 2.60. The Kier molecular flexibility index (Phi) is 3.85. The van der Waals surface area contributed by atoms with E-state index < -0.39 is 5.97 Å². The molecule has 0 amide bonds. The van der Waals surface area contributed by atoms with Gasteiger partial charge in [0.1, 0.15) is 6.04 Å². The number of rotatable bonds is 2. The maximum Gasteiger partial charge on any atom is 0.320 e. The van der Waals surface area contributed by atoms with E-state index in [1.54, 1.807) is 0 Å². The lowest BCUT2D eigenvalue weighted by Crippen LogP contribution is -2.49. The molecule has 2 aliphatic heterocycles. The van der Waals surface area contributed by atoms with Crippen LogP contribution in [0.4, 0.5) is 0 Å². The monoisotopic (exact) mass is 269 g/mol. The van der Waals surface area contributed by atoms with Crippen LogP contribution in [0.5, 0.6) is 0 Å². The average Bonchev–Trinajstić information content (AvgIpc) is 2.79. The summed E-state index contributed by atoms with van der Waals surface area (Å²) in [7, 11) is 0. The topological polar surface area (TPSA) is 40.5 Å². The molecule has 0 aromatic heterocycles. The number of carboxylic acids is 1. The summed E-state index contributed by atoms with van der Waals surface area (Å²) in [5.74, 6) is 2.51.